The van der Waals surface area contributed by atoms with E-state index in [1.807, 2.05) is 25.2 Å². The molecule has 5 heteroatoms. The fourth-order valence-electron chi connectivity index (χ4n) is 2.22. The minimum atomic E-state index is -0.0630. The number of aromatic nitrogens is 2. The van der Waals surface area contributed by atoms with Gasteiger partial charge in [0.05, 0.1) is 0 Å². The van der Waals surface area contributed by atoms with Crippen LogP contribution in [0.5, 0.6) is 0 Å². The summed E-state index contributed by atoms with van der Waals surface area (Å²) < 4.78 is 0. The number of hydrogen-bond acceptors (Lipinski definition) is 4. The van der Waals surface area contributed by atoms with Crippen molar-refractivity contribution in [3.63, 3.8) is 0 Å². The van der Waals surface area contributed by atoms with Gasteiger partial charge in [-0.15, -0.1) is 0 Å². The molecule has 5 nitrogen and oxygen atoms in total. The van der Waals surface area contributed by atoms with Crippen molar-refractivity contribution in [2.24, 2.45) is 0 Å². The predicted octanol–water partition coefficient (Wildman–Crippen LogP) is 3.00. The topological polar surface area (TPSA) is 58.1 Å². The lowest BCUT2D eigenvalue weighted by molar-refractivity contribution is 0.0787. The molecule has 1 amide bonds. The average molecular weight is 312 g/mol. The maximum atomic E-state index is 12.3. The Hall–Kier alpha value is -2.43. The number of unbranched alkanes of at least 4 members (excludes halogenated alkanes) is 1. The Kier molecular flexibility index (Phi) is 6.54. The first-order valence-corrected chi connectivity index (χ1v) is 8.07. The van der Waals surface area contributed by atoms with Gasteiger partial charge in [0.15, 0.2) is 0 Å². The Bertz CT molecular complexity index is 615. The fraction of sp³-hybridized carbons (Fsp3) is 0.389. The lowest BCUT2D eigenvalue weighted by Crippen LogP contribution is -2.28. The number of hydrogen-bond donors (Lipinski definition) is 1. The van der Waals surface area contributed by atoms with E-state index in [4.69, 9.17) is 0 Å². The molecule has 1 N–H and O–H groups in total. The first kappa shape index (κ1) is 16.9. The molecule has 0 aliphatic rings. The maximum Gasteiger partial charge on any atom is 0.272 e. The van der Waals surface area contributed by atoms with Crippen molar-refractivity contribution < 1.29 is 4.79 Å². The number of nitrogens with one attached hydrogen (secondary N) is 1. The van der Waals surface area contributed by atoms with E-state index in [9.17, 15) is 4.79 Å². The summed E-state index contributed by atoms with van der Waals surface area (Å²) in [5, 5.41) is 3.18. The summed E-state index contributed by atoms with van der Waals surface area (Å²) in [7, 11) is 1.81. The SMILES string of the molecule is CCCCN(C)C(=O)c1ccnc(NCCc2ccccc2)n1. The molecule has 0 bridgehead atoms. The molecule has 1 heterocycles. The summed E-state index contributed by atoms with van der Waals surface area (Å²) in [5.74, 6) is 0.433. The number of anilines is 1. The van der Waals surface area contributed by atoms with Crippen molar-refractivity contribution in [3.05, 3.63) is 53.9 Å². The van der Waals surface area contributed by atoms with Gasteiger partial charge in [0.1, 0.15) is 5.69 Å². The van der Waals surface area contributed by atoms with Crippen LogP contribution >= 0.6 is 0 Å². The number of carbonyl (C=O) groups excluding carboxylic acids is 1. The first-order chi connectivity index (χ1) is 11.2. The first-order valence-electron chi connectivity index (χ1n) is 8.07. The molecule has 23 heavy (non-hydrogen) atoms. The van der Waals surface area contributed by atoms with Crippen LogP contribution < -0.4 is 5.32 Å². The van der Waals surface area contributed by atoms with Crippen molar-refractivity contribution in [1.29, 1.82) is 0 Å². The van der Waals surface area contributed by atoms with E-state index in [1.54, 1.807) is 17.2 Å². The zero-order valence-electron chi connectivity index (χ0n) is 13.8. The molecule has 0 saturated carbocycles. The molecular formula is C18H24N4O. The highest BCUT2D eigenvalue weighted by Crippen LogP contribution is 2.06. The number of rotatable bonds is 8. The van der Waals surface area contributed by atoms with E-state index in [0.29, 0.717) is 11.6 Å². The van der Waals surface area contributed by atoms with Crippen LogP contribution in [0.15, 0.2) is 42.6 Å². The summed E-state index contributed by atoms with van der Waals surface area (Å²) in [5.41, 5.74) is 1.69. The lowest BCUT2D eigenvalue weighted by Gasteiger charge is -2.16. The molecule has 2 rings (SSSR count). The largest absolute Gasteiger partial charge is 0.354 e. The van der Waals surface area contributed by atoms with Gasteiger partial charge in [-0.1, -0.05) is 43.7 Å². The summed E-state index contributed by atoms with van der Waals surface area (Å²) >= 11 is 0. The Morgan fingerprint density at radius 2 is 2.00 bits per heavy atom. The summed E-state index contributed by atoms with van der Waals surface area (Å²) in [6, 6.07) is 11.9. The second kappa shape index (κ2) is 8.88. The van der Waals surface area contributed by atoms with Crippen molar-refractivity contribution >= 4 is 11.9 Å². The number of nitrogens with zero attached hydrogens (tertiary/aromatic N) is 3. The zero-order valence-corrected chi connectivity index (χ0v) is 13.8. The van der Waals surface area contributed by atoms with Gasteiger partial charge < -0.3 is 10.2 Å². The van der Waals surface area contributed by atoms with Crippen molar-refractivity contribution in [2.45, 2.75) is 26.2 Å². The molecule has 0 fully saturated rings. The molecule has 0 saturated heterocycles. The van der Waals surface area contributed by atoms with Gasteiger partial charge in [-0.2, -0.15) is 0 Å². The molecule has 0 atom stereocenters. The minimum Gasteiger partial charge on any atom is -0.354 e. The van der Waals surface area contributed by atoms with Crippen LogP contribution in [0, 0.1) is 0 Å². The van der Waals surface area contributed by atoms with E-state index in [1.165, 1.54) is 5.56 Å². The fourth-order valence-corrected chi connectivity index (χ4v) is 2.22. The second-order valence-corrected chi connectivity index (χ2v) is 5.51. The smallest absolute Gasteiger partial charge is 0.272 e. The van der Waals surface area contributed by atoms with Crippen LogP contribution in [-0.4, -0.2) is 40.9 Å². The Morgan fingerprint density at radius 3 is 2.74 bits per heavy atom. The van der Waals surface area contributed by atoms with Crippen LogP contribution in [0.2, 0.25) is 0 Å². The highest BCUT2D eigenvalue weighted by Gasteiger charge is 2.13. The Morgan fingerprint density at radius 1 is 1.22 bits per heavy atom. The van der Waals surface area contributed by atoms with Gasteiger partial charge in [-0.25, -0.2) is 9.97 Å². The van der Waals surface area contributed by atoms with E-state index < -0.39 is 0 Å². The van der Waals surface area contributed by atoms with Gasteiger partial charge >= 0.3 is 0 Å². The van der Waals surface area contributed by atoms with Crippen LogP contribution in [0.25, 0.3) is 0 Å². The molecule has 1 aromatic heterocycles. The molecule has 0 spiro atoms. The molecule has 2 aromatic rings. The average Bonchev–Trinajstić information content (AvgIpc) is 2.60. The third-order valence-corrected chi connectivity index (χ3v) is 3.61. The molecule has 1 aromatic carbocycles. The Balaban J connectivity index is 1.90. The van der Waals surface area contributed by atoms with E-state index in [-0.39, 0.29) is 5.91 Å². The number of amides is 1. The summed E-state index contributed by atoms with van der Waals surface area (Å²) in [6.45, 7) is 3.58. The normalized spacial score (nSPS) is 10.3. The lowest BCUT2D eigenvalue weighted by atomic mass is 10.1. The Labute approximate surface area is 137 Å². The van der Waals surface area contributed by atoms with Crippen LogP contribution in [0.3, 0.4) is 0 Å². The van der Waals surface area contributed by atoms with Gasteiger partial charge in [0, 0.05) is 26.3 Å². The van der Waals surface area contributed by atoms with E-state index in [0.717, 1.165) is 32.4 Å². The minimum absolute atomic E-state index is 0.0630. The maximum absolute atomic E-state index is 12.3. The van der Waals surface area contributed by atoms with Crippen LogP contribution in [0.1, 0.15) is 35.8 Å². The standard InChI is InChI=1S/C18H24N4O/c1-3-4-14-22(2)17(23)16-11-13-20-18(21-16)19-12-10-15-8-6-5-7-9-15/h5-9,11,13H,3-4,10,12,14H2,1-2H3,(H,19,20,21). The third kappa shape index (κ3) is 5.36. The van der Waals surface area contributed by atoms with Gasteiger partial charge in [0.2, 0.25) is 5.95 Å². The highest BCUT2D eigenvalue weighted by molar-refractivity contribution is 5.92. The highest BCUT2D eigenvalue weighted by atomic mass is 16.2. The zero-order chi connectivity index (χ0) is 16.5. The third-order valence-electron chi connectivity index (χ3n) is 3.61. The number of benzene rings is 1. The van der Waals surface area contributed by atoms with Crippen LogP contribution in [0.4, 0.5) is 5.95 Å². The van der Waals surface area contributed by atoms with E-state index in [2.05, 4.69) is 34.3 Å². The van der Waals surface area contributed by atoms with Crippen molar-refractivity contribution in [2.75, 3.05) is 25.5 Å². The molecule has 0 unspecified atom stereocenters. The molecule has 0 aliphatic heterocycles. The summed E-state index contributed by atoms with van der Waals surface area (Å²) in [4.78, 5) is 22.5. The molecule has 0 radical (unpaired) electrons. The summed E-state index contributed by atoms with van der Waals surface area (Å²) in [6.07, 6.45) is 4.57. The molecular weight excluding hydrogens is 288 g/mol. The molecule has 0 aliphatic carbocycles. The van der Waals surface area contributed by atoms with E-state index >= 15 is 0 Å². The monoisotopic (exact) mass is 312 g/mol. The van der Waals surface area contributed by atoms with Crippen LogP contribution in [-0.2, 0) is 6.42 Å². The van der Waals surface area contributed by atoms with Gasteiger partial charge in [0.25, 0.3) is 5.91 Å². The van der Waals surface area contributed by atoms with Gasteiger partial charge in [-0.3, -0.25) is 4.79 Å². The quantitative estimate of drug-likeness (QED) is 0.814. The van der Waals surface area contributed by atoms with Crippen molar-refractivity contribution in [3.8, 4) is 0 Å². The van der Waals surface area contributed by atoms with Gasteiger partial charge in [-0.05, 0) is 24.5 Å². The molecule has 122 valence electrons. The predicted molar refractivity (Wildman–Crippen MR) is 92.5 cm³/mol. The van der Waals surface area contributed by atoms with Crippen molar-refractivity contribution in [1.82, 2.24) is 14.9 Å². The number of carbonyl (C=O) groups is 1. The second-order valence-electron chi connectivity index (χ2n) is 5.51.